The lowest BCUT2D eigenvalue weighted by Crippen LogP contribution is -2.16. The number of carboxylic acids is 1. The second kappa shape index (κ2) is 7.93. The summed E-state index contributed by atoms with van der Waals surface area (Å²) in [5.74, 6) is -0.310. The number of nitrogens with one attached hydrogen (secondary N) is 1. The smallest absolute Gasteiger partial charge is 0.313 e. The lowest BCUT2D eigenvalue weighted by Gasteiger charge is -2.14. The molecule has 1 aliphatic rings. The summed E-state index contributed by atoms with van der Waals surface area (Å²) in [4.78, 5) is 22.1. The largest absolute Gasteiger partial charge is 0.490 e. The maximum Gasteiger partial charge on any atom is 0.313 e. The molecule has 1 fully saturated rings. The Balaban J connectivity index is 1.82. The third-order valence-corrected chi connectivity index (χ3v) is 4.10. The van der Waals surface area contributed by atoms with Crippen LogP contribution in [-0.2, 0) is 9.59 Å². The number of carbonyl (C=O) groups excluding carboxylic acids is 1. The zero-order valence-corrected chi connectivity index (χ0v) is 12.5. The predicted molar refractivity (Wildman–Crippen MR) is 82.9 cm³/mol. The van der Waals surface area contributed by atoms with Gasteiger partial charge in [0.05, 0.1) is 17.6 Å². The second-order valence-electron chi connectivity index (χ2n) is 4.99. The van der Waals surface area contributed by atoms with E-state index < -0.39 is 5.97 Å². The van der Waals surface area contributed by atoms with Crippen LogP contribution in [0.5, 0.6) is 5.75 Å². The molecule has 0 saturated heterocycles. The number of amides is 1. The van der Waals surface area contributed by atoms with Gasteiger partial charge in [0.15, 0.2) is 0 Å². The molecule has 1 aromatic carbocycles. The fourth-order valence-corrected chi connectivity index (χ4v) is 2.81. The van der Waals surface area contributed by atoms with E-state index in [4.69, 9.17) is 9.84 Å². The summed E-state index contributed by atoms with van der Waals surface area (Å²) in [6.45, 7) is 0. The number of thioether (sulfide) groups is 1. The summed E-state index contributed by atoms with van der Waals surface area (Å²) in [5, 5.41) is 11.3. The van der Waals surface area contributed by atoms with Crippen LogP contribution in [0, 0.1) is 0 Å². The first kappa shape index (κ1) is 15.7. The van der Waals surface area contributed by atoms with Gasteiger partial charge >= 0.3 is 5.97 Å². The Morgan fingerprint density at radius 1 is 1.29 bits per heavy atom. The first-order valence-corrected chi connectivity index (χ1v) is 8.15. The van der Waals surface area contributed by atoms with E-state index in [-0.39, 0.29) is 23.5 Å². The molecule has 1 saturated carbocycles. The van der Waals surface area contributed by atoms with Crippen LogP contribution in [0.25, 0.3) is 0 Å². The molecule has 1 amide bonds. The maximum absolute atomic E-state index is 11.7. The van der Waals surface area contributed by atoms with Gasteiger partial charge in [-0.2, -0.15) is 0 Å². The molecule has 2 N–H and O–H groups in total. The third kappa shape index (κ3) is 5.67. The average Bonchev–Trinajstić information content (AvgIpc) is 2.91. The number of aliphatic carboxylic acids is 1. The molecular weight excluding hydrogens is 290 g/mol. The molecule has 0 aliphatic heterocycles. The van der Waals surface area contributed by atoms with Crippen LogP contribution in [0.2, 0.25) is 0 Å². The normalized spacial score (nSPS) is 14.9. The highest BCUT2D eigenvalue weighted by Gasteiger charge is 2.16. The van der Waals surface area contributed by atoms with E-state index in [1.54, 1.807) is 12.1 Å². The zero-order chi connectivity index (χ0) is 15.1. The van der Waals surface area contributed by atoms with Gasteiger partial charge in [0.2, 0.25) is 5.91 Å². The van der Waals surface area contributed by atoms with Crippen molar-refractivity contribution >= 4 is 29.3 Å². The molecule has 0 atom stereocenters. The van der Waals surface area contributed by atoms with Gasteiger partial charge in [-0.25, -0.2) is 0 Å². The summed E-state index contributed by atoms with van der Waals surface area (Å²) in [6.07, 6.45) is 4.87. The van der Waals surface area contributed by atoms with Gasteiger partial charge in [0.1, 0.15) is 5.75 Å². The Kier molecular flexibility index (Phi) is 5.92. The SMILES string of the molecule is O=C(O)CSCC(=O)Nc1cccc(OC2CCCC2)c1. The molecule has 5 nitrogen and oxygen atoms in total. The number of hydrogen-bond donors (Lipinski definition) is 2. The highest BCUT2D eigenvalue weighted by atomic mass is 32.2. The average molecular weight is 309 g/mol. The Morgan fingerprint density at radius 2 is 2.05 bits per heavy atom. The summed E-state index contributed by atoms with van der Waals surface area (Å²) in [7, 11) is 0. The highest BCUT2D eigenvalue weighted by molar-refractivity contribution is 8.00. The number of anilines is 1. The van der Waals surface area contributed by atoms with Gasteiger partial charge < -0.3 is 15.2 Å². The third-order valence-electron chi connectivity index (χ3n) is 3.18. The Morgan fingerprint density at radius 3 is 2.76 bits per heavy atom. The lowest BCUT2D eigenvalue weighted by atomic mass is 10.2. The first-order valence-electron chi connectivity index (χ1n) is 6.99. The molecule has 6 heteroatoms. The predicted octanol–water partition coefficient (Wildman–Crippen LogP) is 2.76. The molecule has 1 aromatic rings. The zero-order valence-electron chi connectivity index (χ0n) is 11.7. The number of ether oxygens (including phenoxy) is 1. The Bertz CT molecular complexity index is 500. The van der Waals surface area contributed by atoms with E-state index in [0.717, 1.165) is 30.4 Å². The maximum atomic E-state index is 11.7. The summed E-state index contributed by atoms with van der Waals surface area (Å²) in [5.41, 5.74) is 0.673. The molecule has 0 heterocycles. The quantitative estimate of drug-likeness (QED) is 0.810. The van der Waals surface area contributed by atoms with Crippen LogP contribution in [-0.4, -0.2) is 34.6 Å². The molecule has 0 radical (unpaired) electrons. The number of carboxylic acid groups (broad SMARTS) is 1. The fourth-order valence-electron chi connectivity index (χ4n) is 2.27. The number of hydrogen-bond acceptors (Lipinski definition) is 4. The molecule has 2 rings (SSSR count). The van der Waals surface area contributed by atoms with Crippen molar-refractivity contribution in [2.24, 2.45) is 0 Å². The molecular formula is C15H19NO4S. The van der Waals surface area contributed by atoms with Crippen molar-refractivity contribution in [1.82, 2.24) is 0 Å². The molecule has 21 heavy (non-hydrogen) atoms. The van der Waals surface area contributed by atoms with Crippen LogP contribution in [0.3, 0.4) is 0 Å². The van der Waals surface area contributed by atoms with Crippen molar-refractivity contribution in [2.45, 2.75) is 31.8 Å². The van der Waals surface area contributed by atoms with E-state index in [1.807, 2.05) is 12.1 Å². The van der Waals surface area contributed by atoms with E-state index in [1.165, 1.54) is 12.8 Å². The fraction of sp³-hybridized carbons (Fsp3) is 0.467. The van der Waals surface area contributed by atoms with Crippen LogP contribution in [0.4, 0.5) is 5.69 Å². The number of benzene rings is 1. The molecule has 0 aromatic heterocycles. The minimum absolute atomic E-state index is 0.0712. The van der Waals surface area contributed by atoms with Crippen molar-refractivity contribution in [3.05, 3.63) is 24.3 Å². The second-order valence-corrected chi connectivity index (χ2v) is 5.97. The van der Waals surface area contributed by atoms with Gasteiger partial charge in [0.25, 0.3) is 0 Å². The molecule has 0 bridgehead atoms. The van der Waals surface area contributed by atoms with Gasteiger partial charge in [-0.05, 0) is 37.8 Å². The summed E-state index contributed by atoms with van der Waals surface area (Å²) >= 11 is 1.08. The molecule has 0 unspecified atom stereocenters. The first-order chi connectivity index (χ1) is 10.1. The van der Waals surface area contributed by atoms with E-state index in [9.17, 15) is 9.59 Å². The molecule has 1 aliphatic carbocycles. The van der Waals surface area contributed by atoms with E-state index in [0.29, 0.717) is 5.69 Å². The summed E-state index contributed by atoms with van der Waals surface area (Å²) in [6, 6.07) is 7.32. The number of rotatable bonds is 7. The van der Waals surface area contributed by atoms with E-state index in [2.05, 4.69) is 5.32 Å². The monoisotopic (exact) mass is 309 g/mol. The molecule has 0 spiro atoms. The molecule has 114 valence electrons. The highest BCUT2D eigenvalue weighted by Crippen LogP contribution is 2.25. The van der Waals surface area contributed by atoms with Crippen molar-refractivity contribution < 1.29 is 19.4 Å². The van der Waals surface area contributed by atoms with Gasteiger partial charge in [-0.1, -0.05) is 6.07 Å². The van der Waals surface area contributed by atoms with Crippen LogP contribution >= 0.6 is 11.8 Å². The number of carbonyl (C=O) groups is 2. The standard InChI is InChI=1S/C15H19NO4S/c17-14(9-21-10-15(18)19)16-11-4-3-7-13(8-11)20-12-5-1-2-6-12/h3-4,7-8,12H,1-2,5-6,9-10H2,(H,16,17)(H,18,19). The van der Waals surface area contributed by atoms with Crippen molar-refractivity contribution in [1.29, 1.82) is 0 Å². The van der Waals surface area contributed by atoms with Crippen LogP contribution in [0.1, 0.15) is 25.7 Å². The van der Waals surface area contributed by atoms with Crippen molar-refractivity contribution in [3.63, 3.8) is 0 Å². The lowest BCUT2D eigenvalue weighted by molar-refractivity contribution is -0.133. The Labute approximate surface area is 128 Å². The van der Waals surface area contributed by atoms with Gasteiger partial charge in [0, 0.05) is 11.8 Å². The van der Waals surface area contributed by atoms with E-state index >= 15 is 0 Å². The Hall–Kier alpha value is -1.69. The minimum Gasteiger partial charge on any atom is -0.490 e. The van der Waals surface area contributed by atoms with Crippen molar-refractivity contribution in [3.8, 4) is 5.75 Å². The minimum atomic E-state index is -0.917. The topological polar surface area (TPSA) is 75.6 Å². The van der Waals surface area contributed by atoms with Crippen LogP contribution < -0.4 is 10.1 Å². The van der Waals surface area contributed by atoms with Crippen LogP contribution in [0.15, 0.2) is 24.3 Å². The summed E-state index contributed by atoms with van der Waals surface area (Å²) < 4.78 is 5.88. The van der Waals surface area contributed by atoms with Gasteiger partial charge in [-0.3, -0.25) is 9.59 Å². The van der Waals surface area contributed by atoms with Crippen molar-refractivity contribution in [2.75, 3.05) is 16.8 Å². The van der Waals surface area contributed by atoms with Gasteiger partial charge in [-0.15, -0.1) is 11.8 Å².